The molecule has 76 valence electrons. The lowest BCUT2D eigenvalue weighted by atomic mass is 10.3. The van der Waals surface area contributed by atoms with Crippen molar-refractivity contribution < 1.29 is 14.4 Å². The van der Waals surface area contributed by atoms with E-state index in [0.717, 1.165) is 12.8 Å². The Bertz CT molecular complexity index is 355. The first kappa shape index (κ1) is 9.21. The smallest absolute Gasteiger partial charge is 0.358 e. The van der Waals surface area contributed by atoms with Crippen LogP contribution in [0.4, 0.5) is 0 Å². The second-order valence-corrected chi connectivity index (χ2v) is 3.90. The topological polar surface area (TPSA) is 75.4 Å². The fraction of sp³-hybridized carbons (Fsp3) is 0.556. The highest BCUT2D eigenvalue weighted by atomic mass is 16.5. The molecule has 0 aromatic carbocycles. The molecule has 0 radical (unpaired) electrons. The van der Waals surface area contributed by atoms with Crippen molar-refractivity contribution in [1.82, 2.24) is 10.5 Å². The molecular formula is C9H12N2O3. The van der Waals surface area contributed by atoms with Crippen molar-refractivity contribution in [2.24, 2.45) is 0 Å². The first-order valence-corrected chi connectivity index (χ1v) is 4.53. The largest absolute Gasteiger partial charge is 0.476 e. The van der Waals surface area contributed by atoms with E-state index in [1.54, 1.807) is 0 Å². The Labute approximate surface area is 81.1 Å². The van der Waals surface area contributed by atoms with Crippen molar-refractivity contribution in [2.45, 2.75) is 31.8 Å². The van der Waals surface area contributed by atoms with E-state index < -0.39 is 5.97 Å². The predicted octanol–water partition coefficient (Wildman–Crippen LogP) is 1.01. The van der Waals surface area contributed by atoms with Crippen LogP contribution < -0.4 is 5.32 Å². The number of hydrogen-bond donors (Lipinski definition) is 2. The Kier molecular flexibility index (Phi) is 2.03. The molecule has 0 aliphatic heterocycles. The molecule has 0 unspecified atom stereocenters. The van der Waals surface area contributed by atoms with Crippen LogP contribution >= 0.6 is 0 Å². The fourth-order valence-corrected chi connectivity index (χ4v) is 1.16. The summed E-state index contributed by atoms with van der Waals surface area (Å²) < 4.78 is 4.86. The maximum Gasteiger partial charge on any atom is 0.358 e. The SMILES string of the molecule is CC1(NCc2cc(C(=O)O)no2)CC1. The molecule has 0 saturated heterocycles. The summed E-state index contributed by atoms with van der Waals surface area (Å²) in [6, 6.07) is 1.45. The van der Waals surface area contributed by atoms with Gasteiger partial charge in [0.2, 0.25) is 0 Å². The lowest BCUT2D eigenvalue weighted by Gasteiger charge is -2.07. The minimum Gasteiger partial charge on any atom is -0.476 e. The van der Waals surface area contributed by atoms with Gasteiger partial charge in [0.1, 0.15) is 0 Å². The van der Waals surface area contributed by atoms with Crippen LogP contribution in [-0.4, -0.2) is 21.8 Å². The van der Waals surface area contributed by atoms with E-state index in [1.807, 2.05) is 0 Å². The number of aromatic carboxylic acids is 1. The lowest BCUT2D eigenvalue weighted by molar-refractivity contribution is 0.0685. The highest BCUT2D eigenvalue weighted by Gasteiger charge is 2.36. The standard InChI is InChI=1S/C9H12N2O3/c1-9(2-3-9)10-5-6-4-7(8(12)13)11-14-6/h4,10H,2-3,5H2,1H3,(H,12,13). The van der Waals surface area contributed by atoms with E-state index in [1.165, 1.54) is 6.07 Å². The normalized spacial score (nSPS) is 18.1. The zero-order valence-electron chi connectivity index (χ0n) is 7.91. The first-order chi connectivity index (χ1) is 6.59. The monoisotopic (exact) mass is 196 g/mol. The number of nitrogens with zero attached hydrogens (tertiary/aromatic N) is 1. The van der Waals surface area contributed by atoms with Gasteiger partial charge in [-0.2, -0.15) is 0 Å². The highest BCUT2D eigenvalue weighted by Crippen LogP contribution is 2.34. The predicted molar refractivity (Wildman–Crippen MR) is 47.9 cm³/mol. The molecule has 1 aromatic heterocycles. The lowest BCUT2D eigenvalue weighted by Crippen LogP contribution is -2.26. The fourth-order valence-electron chi connectivity index (χ4n) is 1.16. The molecule has 0 spiro atoms. The summed E-state index contributed by atoms with van der Waals surface area (Å²) in [6.45, 7) is 2.66. The minimum atomic E-state index is -1.06. The van der Waals surface area contributed by atoms with Crippen molar-refractivity contribution in [3.05, 3.63) is 17.5 Å². The maximum atomic E-state index is 10.5. The van der Waals surface area contributed by atoms with Gasteiger partial charge >= 0.3 is 5.97 Å². The molecule has 0 amide bonds. The van der Waals surface area contributed by atoms with Gasteiger partial charge in [-0.15, -0.1) is 0 Å². The summed E-state index contributed by atoms with van der Waals surface area (Å²) in [7, 11) is 0. The van der Waals surface area contributed by atoms with Crippen LogP contribution in [0.1, 0.15) is 36.0 Å². The number of carboxylic acid groups (broad SMARTS) is 1. The van der Waals surface area contributed by atoms with Crippen LogP contribution in [-0.2, 0) is 6.54 Å². The molecule has 0 bridgehead atoms. The molecule has 2 N–H and O–H groups in total. The third-order valence-corrected chi connectivity index (χ3v) is 2.47. The second-order valence-electron chi connectivity index (χ2n) is 3.90. The van der Waals surface area contributed by atoms with Crippen LogP contribution in [0.3, 0.4) is 0 Å². The summed E-state index contributed by atoms with van der Waals surface area (Å²) in [4.78, 5) is 10.5. The quantitative estimate of drug-likeness (QED) is 0.751. The third kappa shape index (κ3) is 1.93. The van der Waals surface area contributed by atoms with Gasteiger partial charge in [-0.05, 0) is 19.8 Å². The second kappa shape index (κ2) is 3.09. The summed E-state index contributed by atoms with van der Waals surface area (Å²) in [5, 5.41) is 15.3. The summed E-state index contributed by atoms with van der Waals surface area (Å²) in [5.41, 5.74) is 0.179. The van der Waals surface area contributed by atoms with Gasteiger partial charge in [0.15, 0.2) is 11.5 Å². The molecule has 1 aliphatic carbocycles. The Morgan fingerprint density at radius 1 is 1.79 bits per heavy atom. The minimum absolute atomic E-state index is 0.0391. The Balaban J connectivity index is 1.93. The van der Waals surface area contributed by atoms with E-state index in [4.69, 9.17) is 9.63 Å². The third-order valence-electron chi connectivity index (χ3n) is 2.47. The molecular weight excluding hydrogens is 184 g/mol. The van der Waals surface area contributed by atoms with Crippen molar-refractivity contribution in [3.8, 4) is 0 Å². The van der Waals surface area contributed by atoms with Crippen molar-refractivity contribution in [2.75, 3.05) is 0 Å². The summed E-state index contributed by atoms with van der Waals surface area (Å²) in [6.07, 6.45) is 2.32. The van der Waals surface area contributed by atoms with Gasteiger partial charge in [-0.25, -0.2) is 4.79 Å². The zero-order valence-corrected chi connectivity index (χ0v) is 7.91. The number of rotatable bonds is 4. The van der Waals surface area contributed by atoms with Crippen LogP contribution in [0.5, 0.6) is 0 Å². The maximum absolute atomic E-state index is 10.5. The number of carboxylic acids is 1. The Hall–Kier alpha value is -1.36. The average Bonchev–Trinajstić information content (AvgIpc) is 2.68. The molecule has 5 heteroatoms. The molecule has 1 heterocycles. The summed E-state index contributed by atoms with van der Waals surface area (Å²) in [5.74, 6) is -0.492. The Morgan fingerprint density at radius 2 is 2.50 bits per heavy atom. The molecule has 2 rings (SSSR count). The van der Waals surface area contributed by atoms with Crippen molar-refractivity contribution in [3.63, 3.8) is 0 Å². The molecule has 1 saturated carbocycles. The van der Waals surface area contributed by atoms with E-state index in [2.05, 4.69) is 17.4 Å². The Morgan fingerprint density at radius 3 is 3.00 bits per heavy atom. The summed E-state index contributed by atoms with van der Waals surface area (Å²) >= 11 is 0. The number of aromatic nitrogens is 1. The van der Waals surface area contributed by atoms with E-state index in [9.17, 15) is 4.79 Å². The zero-order chi connectivity index (χ0) is 10.2. The van der Waals surface area contributed by atoms with Gasteiger partial charge in [0.25, 0.3) is 0 Å². The first-order valence-electron chi connectivity index (χ1n) is 4.53. The van der Waals surface area contributed by atoms with Gasteiger partial charge in [0.05, 0.1) is 6.54 Å². The molecule has 1 aromatic rings. The van der Waals surface area contributed by atoms with Gasteiger partial charge in [-0.1, -0.05) is 5.16 Å². The van der Waals surface area contributed by atoms with Crippen LogP contribution in [0.25, 0.3) is 0 Å². The van der Waals surface area contributed by atoms with Crippen LogP contribution in [0.15, 0.2) is 10.6 Å². The van der Waals surface area contributed by atoms with Crippen LogP contribution in [0.2, 0.25) is 0 Å². The van der Waals surface area contributed by atoms with Gasteiger partial charge < -0.3 is 14.9 Å². The molecule has 5 nitrogen and oxygen atoms in total. The molecule has 0 atom stereocenters. The van der Waals surface area contributed by atoms with Crippen molar-refractivity contribution >= 4 is 5.97 Å². The van der Waals surface area contributed by atoms with Crippen molar-refractivity contribution in [1.29, 1.82) is 0 Å². The number of hydrogen-bond acceptors (Lipinski definition) is 4. The molecule has 1 fully saturated rings. The number of nitrogens with one attached hydrogen (secondary N) is 1. The van der Waals surface area contributed by atoms with Gasteiger partial charge in [0, 0.05) is 11.6 Å². The van der Waals surface area contributed by atoms with Crippen LogP contribution in [0, 0.1) is 0 Å². The highest BCUT2D eigenvalue weighted by molar-refractivity contribution is 5.85. The molecule has 1 aliphatic rings. The van der Waals surface area contributed by atoms with Gasteiger partial charge in [-0.3, -0.25) is 0 Å². The van der Waals surface area contributed by atoms with E-state index >= 15 is 0 Å². The number of carbonyl (C=O) groups is 1. The average molecular weight is 196 g/mol. The molecule has 14 heavy (non-hydrogen) atoms. The van der Waals surface area contributed by atoms with E-state index in [0.29, 0.717) is 12.3 Å². The van der Waals surface area contributed by atoms with E-state index in [-0.39, 0.29) is 11.2 Å².